The summed E-state index contributed by atoms with van der Waals surface area (Å²) in [6, 6.07) is 9.54. The number of amides is 1. The van der Waals surface area contributed by atoms with Crippen LogP contribution in [0.3, 0.4) is 0 Å². The second-order valence-electron chi connectivity index (χ2n) is 6.42. The molecule has 31 heavy (non-hydrogen) atoms. The first-order chi connectivity index (χ1) is 14.5. The molecule has 2 aromatic carbocycles. The molecule has 0 N–H and O–H groups in total. The summed E-state index contributed by atoms with van der Waals surface area (Å²) in [6.07, 6.45) is -0.850. The van der Waals surface area contributed by atoms with Gasteiger partial charge in [-0.3, -0.25) is 4.90 Å². The lowest BCUT2D eigenvalue weighted by Gasteiger charge is -2.22. The topological polar surface area (TPSA) is 124 Å². The molecule has 0 spiro atoms. The third-order valence-electron chi connectivity index (χ3n) is 4.34. The Kier molecular flexibility index (Phi) is 7.08. The number of benzene rings is 2. The van der Waals surface area contributed by atoms with Crippen molar-refractivity contribution in [3.63, 3.8) is 0 Å². The molecule has 1 atom stereocenters. The van der Waals surface area contributed by atoms with Gasteiger partial charge in [0.1, 0.15) is 15.8 Å². The zero-order chi connectivity index (χ0) is 22.8. The Hall–Kier alpha value is -1.96. The fraction of sp³-hybridized carbons (Fsp3) is 0.222. The Balaban J connectivity index is 1.72. The van der Waals surface area contributed by atoms with Crippen molar-refractivity contribution in [2.24, 2.45) is 0 Å². The Morgan fingerprint density at radius 1 is 0.806 bits per heavy atom. The van der Waals surface area contributed by atoms with Gasteiger partial charge in [-0.1, -0.05) is 31.9 Å². The molecule has 2 aromatic rings. The number of hydrogen-bond acceptors (Lipinski definition) is 8. The van der Waals surface area contributed by atoms with Crippen LogP contribution in [0.1, 0.15) is 12.8 Å². The smallest absolute Gasteiger partial charge is 0.340 e. The van der Waals surface area contributed by atoms with Crippen molar-refractivity contribution in [2.75, 3.05) is 6.54 Å². The third-order valence-corrected chi connectivity index (χ3v) is 7.84. The summed E-state index contributed by atoms with van der Waals surface area (Å²) in [5.41, 5.74) is 0. The van der Waals surface area contributed by atoms with Gasteiger partial charge in [0.15, 0.2) is 0 Å². The van der Waals surface area contributed by atoms with Crippen molar-refractivity contribution in [3.8, 4) is 0 Å². The van der Waals surface area contributed by atoms with Crippen LogP contribution in [0.4, 0.5) is 4.79 Å². The van der Waals surface area contributed by atoms with Gasteiger partial charge in [-0.2, -0.15) is 16.8 Å². The Morgan fingerprint density at radius 3 is 1.74 bits per heavy atom. The van der Waals surface area contributed by atoms with Crippen LogP contribution < -0.4 is 0 Å². The lowest BCUT2D eigenvalue weighted by Crippen LogP contribution is -2.42. The summed E-state index contributed by atoms with van der Waals surface area (Å²) >= 11 is 6.34. The van der Waals surface area contributed by atoms with Crippen molar-refractivity contribution >= 4 is 64.2 Å². The van der Waals surface area contributed by atoms with Crippen molar-refractivity contribution in [1.29, 1.82) is 0 Å². The molecule has 0 aliphatic carbocycles. The normalized spacial score (nSPS) is 16.7. The summed E-state index contributed by atoms with van der Waals surface area (Å²) in [4.78, 5) is 25.3. The van der Waals surface area contributed by atoms with E-state index in [9.17, 15) is 26.4 Å². The molecule has 1 amide bonds. The van der Waals surface area contributed by atoms with Crippen molar-refractivity contribution in [1.82, 2.24) is 4.90 Å². The van der Waals surface area contributed by atoms with Gasteiger partial charge < -0.3 is 8.37 Å². The minimum Gasteiger partial charge on any atom is -0.340 e. The Bertz CT molecular complexity index is 1100. The zero-order valence-electron chi connectivity index (χ0n) is 15.6. The molecule has 13 heteroatoms. The average Bonchev–Trinajstić information content (AvgIpc) is 3.18. The van der Waals surface area contributed by atoms with E-state index in [-0.39, 0.29) is 22.8 Å². The van der Waals surface area contributed by atoms with Crippen LogP contribution in [0.2, 0.25) is 0 Å². The van der Waals surface area contributed by atoms with E-state index in [1.807, 2.05) is 0 Å². The molecule has 1 fully saturated rings. The van der Waals surface area contributed by atoms with Crippen LogP contribution >= 0.6 is 31.9 Å². The standard InChI is InChI=1S/C18H15Br2NO8S2/c19-12-3-7-14(8-4-12)30(24,25)28-17(22)16-2-1-11-21(16)18(23)29-31(26,27)15-9-5-13(20)6-10-15/h3-10,16H,1-2,11H2. The quantitative estimate of drug-likeness (QED) is 0.481. The maximum atomic E-state index is 12.5. The van der Waals surface area contributed by atoms with Crippen LogP contribution in [0.15, 0.2) is 67.3 Å². The van der Waals surface area contributed by atoms with E-state index in [0.717, 1.165) is 4.90 Å². The molecule has 1 aliphatic rings. The number of carbonyl (C=O) groups excluding carboxylic acids is 2. The molecular formula is C18H15Br2NO8S2. The summed E-state index contributed by atoms with van der Waals surface area (Å²) < 4.78 is 59.9. The molecule has 1 saturated heterocycles. The number of halogens is 2. The highest BCUT2D eigenvalue weighted by Crippen LogP contribution is 2.25. The number of carbonyl (C=O) groups is 2. The molecule has 1 unspecified atom stereocenters. The van der Waals surface area contributed by atoms with E-state index in [0.29, 0.717) is 15.4 Å². The zero-order valence-corrected chi connectivity index (χ0v) is 20.4. The lowest BCUT2D eigenvalue weighted by molar-refractivity contribution is -0.138. The Labute approximate surface area is 195 Å². The van der Waals surface area contributed by atoms with Crippen LogP contribution in [0, 0.1) is 0 Å². The highest BCUT2D eigenvalue weighted by atomic mass is 79.9. The molecule has 0 bridgehead atoms. The first-order valence-electron chi connectivity index (χ1n) is 8.74. The first kappa shape index (κ1) is 23.7. The SMILES string of the molecule is O=C(OS(=O)(=O)c1ccc(Br)cc1)C1CCCN1C(=O)OS(=O)(=O)c1ccc(Br)cc1. The van der Waals surface area contributed by atoms with E-state index in [1.54, 1.807) is 0 Å². The van der Waals surface area contributed by atoms with Crippen molar-refractivity contribution in [3.05, 3.63) is 57.5 Å². The summed E-state index contributed by atoms with van der Waals surface area (Å²) in [6.45, 7) is 0.00674. The van der Waals surface area contributed by atoms with E-state index in [2.05, 4.69) is 40.2 Å². The van der Waals surface area contributed by atoms with Crippen LogP contribution in [-0.4, -0.2) is 46.4 Å². The maximum Gasteiger partial charge on any atom is 0.426 e. The van der Waals surface area contributed by atoms with Crippen LogP contribution in [0.5, 0.6) is 0 Å². The average molecular weight is 597 g/mol. The molecular weight excluding hydrogens is 582 g/mol. The highest BCUT2D eigenvalue weighted by Gasteiger charge is 2.40. The summed E-state index contributed by atoms with van der Waals surface area (Å²) in [5.74, 6) is -1.20. The molecule has 0 saturated carbocycles. The molecule has 0 aromatic heterocycles. The molecule has 3 rings (SSSR count). The lowest BCUT2D eigenvalue weighted by atomic mass is 10.2. The molecule has 9 nitrogen and oxygen atoms in total. The highest BCUT2D eigenvalue weighted by molar-refractivity contribution is 9.10. The van der Waals surface area contributed by atoms with Gasteiger partial charge in [0.25, 0.3) is 0 Å². The fourth-order valence-electron chi connectivity index (χ4n) is 2.83. The van der Waals surface area contributed by atoms with E-state index >= 15 is 0 Å². The third kappa shape index (κ3) is 5.64. The molecule has 1 aliphatic heterocycles. The second-order valence-corrected chi connectivity index (χ2v) is 11.3. The minimum atomic E-state index is -4.43. The van der Waals surface area contributed by atoms with Crippen LogP contribution in [-0.2, 0) is 33.4 Å². The molecule has 166 valence electrons. The van der Waals surface area contributed by atoms with Gasteiger partial charge in [0.05, 0.1) is 0 Å². The fourth-order valence-corrected chi connectivity index (χ4v) is 5.11. The van der Waals surface area contributed by atoms with E-state index in [1.165, 1.54) is 48.5 Å². The molecule has 0 radical (unpaired) electrons. The van der Waals surface area contributed by atoms with Crippen molar-refractivity contribution in [2.45, 2.75) is 28.7 Å². The maximum absolute atomic E-state index is 12.5. The summed E-state index contributed by atoms with van der Waals surface area (Å²) in [7, 11) is -8.85. The Morgan fingerprint density at radius 2 is 1.26 bits per heavy atom. The number of hydrogen-bond donors (Lipinski definition) is 0. The van der Waals surface area contributed by atoms with E-state index < -0.39 is 38.3 Å². The van der Waals surface area contributed by atoms with Gasteiger partial charge in [0.2, 0.25) is 0 Å². The predicted molar refractivity (Wildman–Crippen MR) is 115 cm³/mol. The van der Waals surface area contributed by atoms with Gasteiger partial charge in [0, 0.05) is 15.5 Å². The number of likely N-dealkylation sites (tertiary alicyclic amines) is 1. The number of rotatable bonds is 5. The van der Waals surface area contributed by atoms with Crippen molar-refractivity contribution < 1.29 is 34.8 Å². The van der Waals surface area contributed by atoms with Crippen LogP contribution in [0.25, 0.3) is 0 Å². The van der Waals surface area contributed by atoms with E-state index in [4.69, 9.17) is 0 Å². The minimum absolute atomic E-state index is 0.00674. The number of nitrogens with zero attached hydrogens (tertiary/aromatic N) is 1. The largest absolute Gasteiger partial charge is 0.426 e. The van der Waals surface area contributed by atoms with Gasteiger partial charge in [-0.05, 0) is 61.4 Å². The van der Waals surface area contributed by atoms with Gasteiger partial charge in [-0.25, -0.2) is 9.59 Å². The monoisotopic (exact) mass is 595 g/mol. The first-order valence-corrected chi connectivity index (χ1v) is 13.1. The predicted octanol–water partition coefficient (Wildman–Crippen LogP) is 3.43. The second kappa shape index (κ2) is 9.27. The summed E-state index contributed by atoms with van der Waals surface area (Å²) in [5, 5.41) is 0. The van der Waals surface area contributed by atoms with Gasteiger partial charge >= 0.3 is 32.3 Å². The molecule has 1 heterocycles. The van der Waals surface area contributed by atoms with Gasteiger partial charge in [-0.15, -0.1) is 0 Å².